The Balaban J connectivity index is 1.55. The number of rotatable bonds is 2. The average Bonchev–Trinajstić information content (AvgIpc) is 3.45. The highest BCUT2D eigenvalue weighted by molar-refractivity contribution is 8.38. The van der Waals surface area contributed by atoms with Crippen LogP contribution in [-0.4, -0.2) is 14.6 Å². The number of hydrogen-bond donors (Lipinski definition) is 0. The number of halogens is 3. The van der Waals surface area contributed by atoms with Crippen LogP contribution in [0.25, 0.3) is 0 Å². The number of alkyl halides is 3. The monoisotopic (exact) mass is 417 g/mol. The molecule has 0 atom stereocenters. The fraction of sp³-hybridized carbons (Fsp3) is 0.278. The molecule has 0 amide bonds. The third-order valence-corrected chi connectivity index (χ3v) is 6.66. The van der Waals surface area contributed by atoms with Crippen molar-refractivity contribution in [3.8, 4) is 12.1 Å². The fourth-order valence-corrected chi connectivity index (χ4v) is 5.11. The van der Waals surface area contributed by atoms with Crippen molar-refractivity contribution in [3.63, 3.8) is 0 Å². The Kier molecular flexibility index (Phi) is 4.56. The van der Waals surface area contributed by atoms with Gasteiger partial charge in [-0.05, 0) is 48.4 Å². The van der Waals surface area contributed by atoms with Gasteiger partial charge in [0.05, 0.1) is 22.7 Å². The first kappa shape index (κ1) is 18.8. The lowest BCUT2D eigenvalue weighted by atomic mass is 10.1. The minimum absolute atomic E-state index is 0.00345. The van der Waals surface area contributed by atoms with Crippen molar-refractivity contribution in [2.24, 2.45) is 4.99 Å². The van der Waals surface area contributed by atoms with E-state index in [0.717, 1.165) is 34.9 Å². The summed E-state index contributed by atoms with van der Waals surface area (Å²) in [7, 11) is 0. The number of fused-ring (bicyclic) bond motifs is 2. The number of nitrogens with zero attached hydrogens (tertiary/aromatic N) is 5. The van der Waals surface area contributed by atoms with Gasteiger partial charge >= 0.3 is 6.18 Å². The minimum atomic E-state index is -4.48. The van der Waals surface area contributed by atoms with Crippen molar-refractivity contribution in [1.82, 2.24) is 10.2 Å². The van der Waals surface area contributed by atoms with E-state index in [1.807, 2.05) is 12.1 Å². The maximum atomic E-state index is 12.8. The topological polar surface area (TPSA) is 85.7 Å². The molecule has 0 saturated heterocycles. The number of nitriles is 2. The summed E-state index contributed by atoms with van der Waals surface area (Å²) < 4.78 is 39.2. The predicted molar refractivity (Wildman–Crippen MR) is 98.4 cm³/mol. The maximum absolute atomic E-state index is 12.8. The minimum Gasteiger partial charge on any atom is -0.260 e. The molecule has 2 aromatic rings. The first-order valence-electron chi connectivity index (χ1n) is 8.14. The van der Waals surface area contributed by atoms with Gasteiger partial charge in [0.15, 0.2) is 5.69 Å². The zero-order chi connectivity index (χ0) is 19.9. The lowest BCUT2D eigenvalue weighted by molar-refractivity contribution is -0.137. The summed E-state index contributed by atoms with van der Waals surface area (Å²) in [5.41, 5.74) is 0.467. The second-order valence-electron chi connectivity index (χ2n) is 6.34. The average molecular weight is 417 g/mol. The van der Waals surface area contributed by atoms with Crippen LogP contribution >= 0.6 is 23.5 Å². The molecule has 28 heavy (non-hydrogen) atoms. The molecular formula is C18H10F3N5S2. The second kappa shape index (κ2) is 6.80. The van der Waals surface area contributed by atoms with Crippen molar-refractivity contribution in [2.45, 2.75) is 35.3 Å². The molecule has 0 unspecified atom stereocenters. The van der Waals surface area contributed by atoms with E-state index < -0.39 is 11.7 Å². The van der Waals surface area contributed by atoms with E-state index >= 15 is 0 Å². The van der Waals surface area contributed by atoms with E-state index in [4.69, 9.17) is 10.3 Å². The molecule has 2 aliphatic rings. The van der Waals surface area contributed by atoms with Crippen molar-refractivity contribution in [1.29, 1.82) is 10.5 Å². The first-order chi connectivity index (χ1) is 13.3. The normalized spacial score (nSPS) is 16.7. The van der Waals surface area contributed by atoms with E-state index in [0.29, 0.717) is 16.3 Å². The van der Waals surface area contributed by atoms with Crippen LogP contribution in [0.2, 0.25) is 0 Å². The van der Waals surface area contributed by atoms with Gasteiger partial charge in [-0.1, -0.05) is 17.8 Å². The Morgan fingerprint density at radius 1 is 1.14 bits per heavy atom. The lowest BCUT2D eigenvalue weighted by Gasteiger charge is -2.21. The van der Waals surface area contributed by atoms with Gasteiger partial charge in [0.25, 0.3) is 0 Å². The van der Waals surface area contributed by atoms with Crippen LogP contribution < -0.4 is 0 Å². The number of aliphatic imine (C=N–C) groups is 1. The molecular weight excluding hydrogens is 407 g/mol. The lowest BCUT2D eigenvalue weighted by Crippen LogP contribution is -2.15. The summed E-state index contributed by atoms with van der Waals surface area (Å²) in [5.74, 6) is 0.321. The predicted octanol–water partition coefficient (Wildman–Crippen LogP) is 4.62. The van der Waals surface area contributed by atoms with Crippen LogP contribution in [0.1, 0.15) is 40.8 Å². The molecule has 10 heteroatoms. The smallest absolute Gasteiger partial charge is 0.260 e. The Hall–Kier alpha value is -2.56. The molecule has 0 radical (unpaired) electrons. The molecule has 1 aliphatic carbocycles. The van der Waals surface area contributed by atoms with Gasteiger partial charge in [-0.25, -0.2) is 0 Å². The van der Waals surface area contributed by atoms with E-state index in [1.54, 1.807) is 6.07 Å². The van der Waals surface area contributed by atoms with Crippen LogP contribution in [0.3, 0.4) is 0 Å². The Labute approximate surface area is 166 Å². The zero-order valence-corrected chi connectivity index (χ0v) is 15.8. The van der Waals surface area contributed by atoms with Crippen LogP contribution in [-0.2, 0) is 17.5 Å². The summed E-state index contributed by atoms with van der Waals surface area (Å²) in [6.45, 7) is 0. The fourth-order valence-electron chi connectivity index (χ4n) is 2.87. The molecule has 1 spiro atoms. The molecule has 2 heterocycles. The highest BCUT2D eigenvalue weighted by Crippen LogP contribution is 2.56. The van der Waals surface area contributed by atoms with Gasteiger partial charge in [0.1, 0.15) is 15.5 Å². The van der Waals surface area contributed by atoms with Gasteiger partial charge in [0.2, 0.25) is 0 Å². The number of benzene rings is 1. The van der Waals surface area contributed by atoms with Gasteiger partial charge < -0.3 is 0 Å². The summed E-state index contributed by atoms with van der Waals surface area (Å²) in [5, 5.41) is 26.9. The second-order valence-corrected chi connectivity index (χ2v) is 8.54. The third kappa shape index (κ3) is 3.46. The van der Waals surface area contributed by atoms with E-state index in [1.165, 1.54) is 29.6 Å². The van der Waals surface area contributed by atoms with Crippen LogP contribution in [0.5, 0.6) is 0 Å². The molecule has 1 aromatic carbocycles. The maximum Gasteiger partial charge on any atom is 0.416 e. The van der Waals surface area contributed by atoms with Crippen molar-refractivity contribution < 1.29 is 13.2 Å². The van der Waals surface area contributed by atoms with Crippen LogP contribution in [0, 0.1) is 22.7 Å². The molecule has 0 N–H and O–H groups in total. The number of hydrogen-bond acceptors (Lipinski definition) is 7. The summed E-state index contributed by atoms with van der Waals surface area (Å²) >= 11 is 2.68. The molecule has 140 valence electrons. The van der Waals surface area contributed by atoms with Crippen LogP contribution in [0.15, 0.2) is 34.3 Å². The quantitative estimate of drug-likeness (QED) is 0.709. The zero-order valence-electron chi connectivity index (χ0n) is 14.1. The van der Waals surface area contributed by atoms with Gasteiger partial charge in [-0.15, -0.1) is 10.2 Å². The van der Waals surface area contributed by atoms with Crippen LogP contribution in [0.4, 0.5) is 13.2 Å². The molecule has 5 nitrogen and oxygen atoms in total. The number of aromatic nitrogens is 2. The van der Waals surface area contributed by atoms with Gasteiger partial charge in [0, 0.05) is 11.3 Å². The summed E-state index contributed by atoms with van der Waals surface area (Å²) in [4.78, 5) is 4.77. The molecule has 0 bridgehead atoms. The third-order valence-electron chi connectivity index (χ3n) is 4.50. The van der Waals surface area contributed by atoms with Crippen molar-refractivity contribution in [3.05, 3.63) is 52.2 Å². The number of thioether (sulfide) groups is 2. The van der Waals surface area contributed by atoms with Crippen molar-refractivity contribution >= 4 is 27.9 Å². The molecule has 4 rings (SSSR count). The molecule has 1 aliphatic heterocycles. The largest absolute Gasteiger partial charge is 0.416 e. The first-order valence-corrected chi connectivity index (χ1v) is 9.94. The highest BCUT2D eigenvalue weighted by Gasteiger charge is 2.49. The Morgan fingerprint density at radius 3 is 2.57 bits per heavy atom. The van der Waals surface area contributed by atoms with Crippen molar-refractivity contribution in [2.75, 3.05) is 0 Å². The van der Waals surface area contributed by atoms with E-state index in [2.05, 4.69) is 10.2 Å². The highest BCUT2D eigenvalue weighted by atomic mass is 32.2. The Bertz CT molecular complexity index is 1080. The molecule has 1 fully saturated rings. The summed E-state index contributed by atoms with van der Waals surface area (Å²) in [6, 6.07) is 8.73. The summed E-state index contributed by atoms with van der Waals surface area (Å²) in [6.07, 6.45) is -2.78. The molecule has 1 saturated carbocycles. The Morgan fingerprint density at radius 2 is 1.93 bits per heavy atom. The van der Waals surface area contributed by atoms with E-state index in [9.17, 15) is 18.4 Å². The SMILES string of the molecule is N#Cc1cc2c(nn1)SC(SCc1ccc(C(F)(F)F)cc1C#N)=NC21CC1. The van der Waals surface area contributed by atoms with E-state index in [-0.39, 0.29) is 16.8 Å². The van der Waals surface area contributed by atoms with Gasteiger partial charge in [-0.2, -0.15) is 23.7 Å². The molecule has 1 aromatic heterocycles. The van der Waals surface area contributed by atoms with Gasteiger partial charge in [-0.3, -0.25) is 4.99 Å². The standard InChI is InChI=1S/C18H10F3N5S2/c19-18(20,21)12-2-1-10(11(5-12)7-22)9-27-16-24-17(3-4-17)14-6-13(8-23)25-26-15(14)28-16/h1-2,5-6H,3-4,9H2.